The van der Waals surface area contributed by atoms with Crippen molar-refractivity contribution >= 4 is 46.8 Å². The molecule has 1 saturated heterocycles. The summed E-state index contributed by atoms with van der Waals surface area (Å²) in [6, 6.07) is 32.4. The van der Waals surface area contributed by atoms with Crippen molar-refractivity contribution in [3.05, 3.63) is 177 Å². The van der Waals surface area contributed by atoms with Crippen LogP contribution in [-0.4, -0.2) is 127 Å². The van der Waals surface area contributed by atoms with E-state index in [2.05, 4.69) is 66.2 Å². The molecule has 0 saturated carbocycles. The number of pyridine rings is 3. The Kier molecular flexibility index (Phi) is 19.2. The van der Waals surface area contributed by atoms with Crippen molar-refractivity contribution in [2.45, 2.75) is 33.5 Å². The van der Waals surface area contributed by atoms with Crippen LogP contribution in [0.5, 0.6) is 0 Å². The number of benzene rings is 3. The van der Waals surface area contributed by atoms with Gasteiger partial charge in [-0.25, -0.2) is 29.3 Å². The lowest BCUT2D eigenvalue weighted by atomic mass is 10.1. The molecule has 4 heterocycles. The molecule has 0 unspecified atom stereocenters. The van der Waals surface area contributed by atoms with Gasteiger partial charge in [0.2, 0.25) is 11.8 Å². The van der Waals surface area contributed by atoms with Crippen molar-refractivity contribution in [2.24, 2.45) is 0 Å². The van der Waals surface area contributed by atoms with E-state index in [1.165, 1.54) is 35.2 Å². The van der Waals surface area contributed by atoms with E-state index < -0.39 is 17.9 Å². The van der Waals surface area contributed by atoms with E-state index in [-0.39, 0.29) is 28.9 Å². The van der Waals surface area contributed by atoms with E-state index in [1.807, 2.05) is 49.5 Å². The van der Waals surface area contributed by atoms with Crippen molar-refractivity contribution in [1.82, 2.24) is 29.7 Å². The third-order valence-electron chi connectivity index (χ3n) is 11.8. The predicted octanol–water partition coefficient (Wildman–Crippen LogP) is 6.21. The van der Waals surface area contributed by atoms with Crippen LogP contribution in [-0.2, 0) is 43.4 Å². The summed E-state index contributed by atoms with van der Waals surface area (Å²) >= 11 is 0. The van der Waals surface area contributed by atoms with Crippen molar-refractivity contribution in [2.75, 3.05) is 83.6 Å². The number of ether oxygens (including phenoxy) is 3. The molecule has 1 aliphatic heterocycles. The summed E-state index contributed by atoms with van der Waals surface area (Å²) < 4.78 is 15.3. The van der Waals surface area contributed by atoms with Crippen LogP contribution in [0.25, 0.3) is 0 Å². The second kappa shape index (κ2) is 26.7. The van der Waals surface area contributed by atoms with Crippen molar-refractivity contribution < 1.29 is 38.2 Å². The second-order valence-corrected chi connectivity index (χ2v) is 17.6. The van der Waals surface area contributed by atoms with Gasteiger partial charge < -0.3 is 30.2 Å². The summed E-state index contributed by atoms with van der Waals surface area (Å²) in [6.07, 6.45) is 0. The number of nitrogens with one attached hydrogen (secondary N) is 3. The number of carbonyl (C=O) groups is 5. The van der Waals surface area contributed by atoms with Gasteiger partial charge in [-0.05, 0) is 109 Å². The minimum atomic E-state index is -0.602. The summed E-state index contributed by atoms with van der Waals surface area (Å²) in [7, 11) is 5.77. The van der Waals surface area contributed by atoms with Crippen LogP contribution < -0.4 is 16.0 Å². The van der Waals surface area contributed by atoms with Crippen molar-refractivity contribution in [3.8, 4) is 35.5 Å². The highest BCUT2D eigenvalue weighted by Crippen LogP contribution is 2.18. The maximum Gasteiger partial charge on any atom is 0.356 e. The number of esters is 3. The Hall–Kier alpha value is -9.18. The lowest BCUT2D eigenvalue weighted by Gasteiger charge is -2.25. The van der Waals surface area contributed by atoms with E-state index in [0.717, 1.165) is 11.3 Å². The minimum absolute atomic E-state index is 0.112. The molecule has 386 valence electrons. The van der Waals surface area contributed by atoms with Gasteiger partial charge in [0, 0.05) is 130 Å². The van der Waals surface area contributed by atoms with E-state index in [9.17, 15) is 24.0 Å². The van der Waals surface area contributed by atoms with E-state index >= 15 is 0 Å². The molecule has 1 aliphatic rings. The van der Waals surface area contributed by atoms with E-state index in [1.54, 1.807) is 66.7 Å². The summed E-state index contributed by atoms with van der Waals surface area (Å²) in [5.41, 5.74) is 8.38. The molecule has 7 rings (SSSR count). The average Bonchev–Trinajstić information content (AvgIpc) is 3.51. The van der Waals surface area contributed by atoms with Crippen LogP contribution in [0.4, 0.5) is 17.1 Å². The molecule has 2 amide bonds. The second-order valence-electron chi connectivity index (χ2n) is 17.6. The fraction of sp³-hybridized carbons (Fsp3) is 0.254. The summed E-state index contributed by atoms with van der Waals surface area (Å²) in [4.78, 5) is 83.0. The molecule has 0 spiro atoms. The van der Waals surface area contributed by atoms with Crippen LogP contribution in [0.3, 0.4) is 0 Å². The lowest BCUT2D eigenvalue weighted by molar-refractivity contribution is -0.115. The SMILES string of the molecule is CNc1ccc(C#Cc2cc(CN3CCN(Cc4cc(C#Cc5ccc(NC(C)=O)cc5)cc(C(=O)OC)n4)CCN(Cc4cc(C#Cc5ccc(NC(C)=O)cc5)cc(C(=O)OC)n4)CC3)nc(C(=O)OC)c2)cc1. The highest BCUT2D eigenvalue weighted by molar-refractivity contribution is 5.90. The molecule has 3 N–H and O–H groups in total. The average molecular weight is 1020 g/mol. The fourth-order valence-corrected chi connectivity index (χ4v) is 8.03. The van der Waals surface area contributed by atoms with Crippen molar-refractivity contribution in [1.29, 1.82) is 0 Å². The van der Waals surface area contributed by atoms with Crippen LogP contribution in [0.1, 0.15) is 95.8 Å². The maximum absolute atomic E-state index is 13.0. The molecular weight excluding hydrogens is 963 g/mol. The first-order chi connectivity index (χ1) is 36.7. The van der Waals surface area contributed by atoms with Gasteiger partial charge in [0.25, 0.3) is 0 Å². The molecule has 1 fully saturated rings. The smallest absolute Gasteiger partial charge is 0.356 e. The number of methoxy groups -OCH3 is 3. The van der Waals surface area contributed by atoms with Gasteiger partial charge in [0.1, 0.15) is 17.1 Å². The standard InChI is InChI=1S/C59H57N9O8/c1-40(69)61-49-21-15-43(16-22-49)8-11-46-32-52(64-55(35-46)58(72)75-5)38-67-27-25-66(37-51-31-45(34-54(63-51)57(71)74-4)10-7-42-13-19-48(60-3)20-14-42)26-28-68(30-29-67)39-53-33-47(36-56(65-53)59(73)76-6)12-9-44-17-23-50(24-18-44)62-41(2)70/h13-24,31-36,60H,25-30,37-39H2,1-6H3,(H,61,69)(H,62,70). The van der Waals surface area contributed by atoms with Gasteiger partial charge in [-0.15, -0.1) is 0 Å². The summed E-state index contributed by atoms with van der Waals surface area (Å²) in [5, 5.41) is 8.61. The van der Waals surface area contributed by atoms with Gasteiger partial charge in [-0.2, -0.15) is 0 Å². The molecular formula is C59H57N9O8. The first kappa shape index (κ1) is 54.6. The fourth-order valence-electron chi connectivity index (χ4n) is 8.03. The molecule has 76 heavy (non-hydrogen) atoms. The monoisotopic (exact) mass is 1020 g/mol. The zero-order valence-electron chi connectivity index (χ0n) is 43.2. The normalized spacial score (nSPS) is 12.8. The number of nitrogens with zero attached hydrogens (tertiary/aromatic N) is 6. The van der Waals surface area contributed by atoms with Crippen LogP contribution in [0, 0.1) is 35.5 Å². The van der Waals surface area contributed by atoms with Crippen LogP contribution in [0.2, 0.25) is 0 Å². The Morgan fingerprint density at radius 1 is 0.421 bits per heavy atom. The number of rotatable bonds is 12. The number of carbonyl (C=O) groups excluding carboxylic acids is 5. The molecule has 0 atom stereocenters. The first-order valence-corrected chi connectivity index (χ1v) is 24.3. The largest absolute Gasteiger partial charge is 0.464 e. The number of hydrogen-bond donors (Lipinski definition) is 3. The Labute approximate surface area is 442 Å². The van der Waals surface area contributed by atoms with Gasteiger partial charge in [-0.3, -0.25) is 24.3 Å². The lowest BCUT2D eigenvalue weighted by Crippen LogP contribution is -2.36. The zero-order chi connectivity index (χ0) is 54.0. The highest BCUT2D eigenvalue weighted by Gasteiger charge is 2.22. The minimum Gasteiger partial charge on any atom is -0.464 e. The molecule has 3 aromatic heterocycles. The van der Waals surface area contributed by atoms with Crippen LogP contribution in [0.15, 0.2) is 109 Å². The van der Waals surface area contributed by atoms with Gasteiger partial charge in [-0.1, -0.05) is 35.5 Å². The molecule has 17 heteroatoms. The van der Waals surface area contributed by atoms with Gasteiger partial charge >= 0.3 is 17.9 Å². The number of anilines is 3. The zero-order valence-corrected chi connectivity index (χ0v) is 43.2. The Morgan fingerprint density at radius 2 is 0.684 bits per heavy atom. The molecule has 17 nitrogen and oxygen atoms in total. The van der Waals surface area contributed by atoms with E-state index in [0.29, 0.717) is 115 Å². The van der Waals surface area contributed by atoms with Crippen LogP contribution >= 0.6 is 0 Å². The Morgan fingerprint density at radius 3 is 0.934 bits per heavy atom. The molecule has 0 bridgehead atoms. The topological polar surface area (TPSA) is 198 Å². The van der Waals surface area contributed by atoms with Gasteiger partial charge in [0.05, 0.1) is 38.4 Å². The van der Waals surface area contributed by atoms with Gasteiger partial charge in [0.15, 0.2) is 0 Å². The number of hydrogen-bond acceptors (Lipinski definition) is 15. The Balaban J connectivity index is 1.20. The number of aromatic nitrogens is 3. The highest BCUT2D eigenvalue weighted by atomic mass is 16.5. The number of amides is 2. The van der Waals surface area contributed by atoms with Crippen molar-refractivity contribution in [3.63, 3.8) is 0 Å². The third-order valence-corrected chi connectivity index (χ3v) is 11.8. The summed E-state index contributed by atoms with van der Waals surface area (Å²) in [6.45, 7) is 7.40. The molecule has 6 aromatic rings. The molecule has 0 aliphatic carbocycles. The third kappa shape index (κ3) is 16.4. The maximum atomic E-state index is 13.0. The predicted molar refractivity (Wildman–Crippen MR) is 288 cm³/mol. The molecule has 3 aromatic carbocycles. The first-order valence-electron chi connectivity index (χ1n) is 24.3. The Bertz CT molecular complexity index is 3140. The molecule has 0 radical (unpaired) electrons. The van der Waals surface area contributed by atoms with E-state index in [4.69, 9.17) is 29.2 Å². The summed E-state index contributed by atoms with van der Waals surface area (Å²) in [5.74, 6) is 16.9. The quantitative estimate of drug-likeness (QED) is 0.0711.